The van der Waals surface area contributed by atoms with Gasteiger partial charge in [-0.2, -0.15) is 8.42 Å². The lowest BCUT2D eigenvalue weighted by atomic mass is 9.88. The van der Waals surface area contributed by atoms with Crippen LogP contribution in [0.1, 0.15) is 45.6 Å². The summed E-state index contributed by atoms with van der Waals surface area (Å²) in [7, 11) is -2.70. The van der Waals surface area contributed by atoms with Gasteiger partial charge in [0.25, 0.3) is 10.1 Å². The fraction of sp³-hybridized carbons (Fsp3) is 0.636. The van der Waals surface area contributed by atoms with E-state index >= 15 is 0 Å². The second-order valence-corrected chi connectivity index (χ2v) is 10.9. The summed E-state index contributed by atoms with van der Waals surface area (Å²) in [6, 6.07) is 5.74. The highest BCUT2D eigenvalue weighted by atomic mass is 32.2. The normalized spacial score (nSPS) is 26.5. The molecular formula is C22H31NO7S. The van der Waals surface area contributed by atoms with Crippen LogP contribution in [0.15, 0.2) is 29.2 Å². The molecule has 0 unspecified atom stereocenters. The third kappa shape index (κ3) is 4.78. The first-order valence-corrected chi connectivity index (χ1v) is 11.8. The Hall–Kier alpha value is -1.97. The number of nitrogens with zero attached hydrogens (tertiary/aromatic N) is 1. The van der Waals surface area contributed by atoms with Gasteiger partial charge in [-0.25, -0.2) is 0 Å². The quantitative estimate of drug-likeness (QED) is 0.478. The molecule has 2 heterocycles. The topological polar surface area (TPSA) is 99.2 Å². The van der Waals surface area contributed by atoms with Gasteiger partial charge in [0, 0.05) is 6.04 Å². The highest BCUT2D eigenvalue weighted by Gasteiger charge is 2.61. The zero-order chi connectivity index (χ0) is 23.0. The van der Waals surface area contributed by atoms with Crippen molar-refractivity contribution in [3.63, 3.8) is 0 Å². The van der Waals surface area contributed by atoms with Crippen LogP contribution in [-0.2, 0) is 33.4 Å². The lowest BCUT2D eigenvalue weighted by Gasteiger charge is -2.32. The van der Waals surface area contributed by atoms with E-state index in [1.54, 1.807) is 32.9 Å². The van der Waals surface area contributed by atoms with Gasteiger partial charge in [0.15, 0.2) is 0 Å². The van der Waals surface area contributed by atoms with Crippen LogP contribution in [0, 0.1) is 12.8 Å². The number of carbonyl (C=O) groups is 2. The summed E-state index contributed by atoms with van der Waals surface area (Å²) in [6.07, 6.45) is 1.50. The van der Waals surface area contributed by atoms with Gasteiger partial charge in [-0.15, -0.1) is 0 Å². The minimum Gasteiger partial charge on any atom is -0.468 e. The summed E-state index contributed by atoms with van der Waals surface area (Å²) in [5, 5.41) is 0. The minimum atomic E-state index is -4.02. The first-order valence-electron chi connectivity index (χ1n) is 10.4. The van der Waals surface area contributed by atoms with E-state index in [9.17, 15) is 18.0 Å². The number of hydrogen-bond donors (Lipinski definition) is 0. The molecule has 31 heavy (non-hydrogen) atoms. The van der Waals surface area contributed by atoms with E-state index in [1.807, 2.05) is 11.8 Å². The van der Waals surface area contributed by atoms with Crippen molar-refractivity contribution < 1.29 is 31.7 Å². The summed E-state index contributed by atoms with van der Waals surface area (Å²) >= 11 is 0. The van der Waals surface area contributed by atoms with Gasteiger partial charge in [-0.3, -0.25) is 18.7 Å². The van der Waals surface area contributed by atoms with Crippen molar-refractivity contribution in [2.45, 2.75) is 69.0 Å². The summed E-state index contributed by atoms with van der Waals surface area (Å²) in [5.74, 6) is -1.58. The molecule has 0 amide bonds. The number of benzene rings is 1. The van der Waals surface area contributed by atoms with Crippen molar-refractivity contribution in [3.8, 4) is 0 Å². The Kier molecular flexibility index (Phi) is 6.51. The zero-order valence-electron chi connectivity index (χ0n) is 18.7. The van der Waals surface area contributed by atoms with Crippen LogP contribution in [-0.4, -0.2) is 62.7 Å². The molecule has 9 heteroatoms. The molecule has 0 bridgehead atoms. The van der Waals surface area contributed by atoms with E-state index in [-0.39, 0.29) is 17.9 Å². The first-order chi connectivity index (χ1) is 14.4. The number of esters is 2. The van der Waals surface area contributed by atoms with Crippen molar-refractivity contribution in [2.24, 2.45) is 5.92 Å². The lowest BCUT2D eigenvalue weighted by Crippen LogP contribution is -2.50. The average molecular weight is 454 g/mol. The van der Waals surface area contributed by atoms with Crippen molar-refractivity contribution in [3.05, 3.63) is 29.8 Å². The Balaban J connectivity index is 1.87. The van der Waals surface area contributed by atoms with E-state index in [0.717, 1.165) is 12.0 Å². The number of methoxy groups -OCH3 is 1. The molecule has 0 radical (unpaired) electrons. The maximum Gasteiger partial charge on any atom is 0.326 e. The van der Waals surface area contributed by atoms with E-state index < -0.39 is 45.2 Å². The number of carbonyl (C=O) groups excluding carboxylic acids is 2. The Labute approximate surface area is 184 Å². The van der Waals surface area contributed by atoms with E-state index in [0.29, 0.717) is 13.0 Å². The van der Waals surface area contributed by atoms with Crippen LogP contribution in [0.3, 0.4) is 0 Å². The molecule has 2 saturated heterocycles. The van der Waals surface area contributed by atoms with Crippen LogP contribution in [0.5, 0.6) is 0 Å². The molecule has 0 aliphatic carbocycles. The standard InChI is InChI=1S/C22H31NO7S/c1-15-7-9-16(10-8-15)31(26,27)29-14-18-17(19(24)30-21(2,3)4)13-22(20(25)28-5)11-6-12-23(18)22/h7-10,17-18H,6,11-14H2,1-5H3/t17-,18-,22-/m0/s1. The molecular weight excluding hydrogens is 422 g/mol. The smallest absolute Gasteiger partial charge is 0.326 e. The van der Waals surface area contributed by atoms with Gasteiger partial charge in [0.2, 0.25) is 0 Å². The number of fused-ring (bicyclic) bond motifs is 1. The summed E-state index contributed by atoms with van der Waals surface area (Å²) in [6.45, 7) is 7.46. The molecule has 8 nitrogen and oxygen atoms in total. The maximum atomic E-state index is 13.0. The molecule has 2 fully saturated rings. The Bertz CT molecular complexity index is 936. The van der Waals surface area contributed by atoms with Crippen LogP contribution in [0.2, 0.25) is 0 Å². The predicted octanol–water partition coefficient (Wildman–Crippen LogP) is 2.44. The van der Waals surface area contributed by atoms with E-state index in [2.05, 4.69) is 0 Å². The number of aryl methyl sites for hydroxylation is 1. The Morgan fingerprint density at radius 2 is 1.84 bits per heavy atom. The van der Waals surface area contributed by atoms with Gasteiger partial charge in [-0.05, 0) is 65.6 Å². The number of rotatable bonds is 6. The molecule has 0 spiro atoms. The fourth-order valence-electron chi connectivity index (χ4n) is 4.57. The maximum absolute atomic E-state index is 13.0. The minimum absolute atomic E-state index is 0.0468. The van der Waals surface area contributed by atoms with Crippen LogP contribution < -0.4 is 0 Å². The molecule has 2 aliphatic rings. The number of hydrogen-bond acceptors (Lipinski definition) is 8. The molecule has 2 aliphatic heterocycles. The third-order valence-electron chi connectivity index (χ3n) is 5.94. The fourth-order valence-corrected chi connectivity index (χ4v) is 5.49. The zero-order valence-corrected chi connectivity index (χ0v) is 19.5. The average Bonchev–Trinajstić information content (AvgIpc) is 3.22. The van der Waals surface area contributed by atoms with Crippen LogP contribution >= 0.6 is 0 Å². The van der Waals surface area contributed by atoms with Crippen molar-refractivity contribution in [2.75, 3.05) is 20.3 Å². The second kappa shape index (κ2) is 8.52. The van der Waals surface area contributed by atoms with Gasteiger partial charge >= 0.3 is 11.9 Å². The van der Waals surface area contributed by atoms with Crippen molar-refractivity contribution in [1.82, 2.24) is 4.90 Å². The monoisotopic (exact) mass is 453 g/mol. The molecule has 172 valence electrons. The van der Waals surface area contributed by atoms with Crippen molar-refractivity contribution in [1.29, 1.82) is 0 Å². The van der Waals surface area contributed by atoms with Gasteiger partial charge in [0.1, 0.15) is 11.1 Å². The Morgan fingerprint density at radius 3 is 2.42 bits per heavy atom. The lowest BCUT2D eigenvalue weighted by molar-refractivity contribution is -0.161. The van der Waals surface area contributed by atoms with E-state index in [1.165, 1.54) is 19.2 Å². The highest BCUT2D eigenvalue weighted by molar-refractivity contribution is 7.86. The molecule has 3 rings (SSSR count). The van der Waals surface area contributed by atoms with Crippen LogP contribution in [0.25, 0.3) is 0 Å². The molecule has 1 aromatic rings. The van der Waals surface area contributed by atoms with Gasteiger partial charge in [0.05, 0.1) is 24.5 Å². The number of ether oxygens (including phenoxy) is 2. The molecule has 0 saturated carbocycles. The van der Waals surface area contributed by atoms with Crippen molar-refractivity contribution >= 4 is 22.1 Å². The molecule has 3 atom stereocenters. The summed E-state index contributed by atoms with van der Waals surface area (Å²) in [5.41, 5.74) is -0.737. The summed E-state index contributed by atoms with van der Waals surface area (Å²) < 4.78 is 41.5. The molecule has 0 N–H and O–H groups in total. The second-order valence-electron chi connectivity index (χ2n) is 9.28. The molecule has 0 aromatic heterocycles. The first kappa shape index (κ1) is 23.7. The van der Waals surface area contributed by atoms with Gasteiger partial charge < -0.3 is 9.47 Å². The van der Waals surface area contributed by atoms with E-state index in [4.69, 9.17) is 13.7 Å². The largest absolute Gasteiger partial charge is 0.468 e. The third-order valence-corrected chi connectivity index (χ3v) is 7.24. The van der Waals surface area contributed by atoms with Gasteiger partial charge in [-0.1, -0.05) is 17.7 Å². The Morgan fingerprint density at radius 1 is 1.19 bits per heavy atom. The summed E-state index contributed by atoms with van der Waals surface area (Å²) in [4.78, 5) is 27.6. The van der Waals surface area contributed by atoms with Crippen LogP contribution in [0.4, 0.5) is 0 Å². The highest BCUT2D eigenvalue weighted by Crippen LogP contribution is 2.47. The predicted molar refractivity (Wildman–Crippen MR) is 113 cm³/mol. The SMILES string of the molecule is COC(=O)[C@@]12CCCN1[C@@H](COS(=O)(=O)c1ccc(C)cc1)[C@@H](C(=O)OC(C)(C)C)C2. The molecule has 1 aromatic carbocycles.